The molecule has 0 saturated heterocycles. The number of carboxylic acid groups (broad SMARTS) is 1. The van der Waals surface area contributed by atoms with Crippen LogP contribution in [0, 0.1) is 0 Å². The Balaban J connectivity index is 2.74. The number of aromatic nitrogens is 2. The maximum absolute atomic E-state index is 13.3. The molecule has 0 aliphatic heterocycles. The average Bonchev–Trinajstić information content (AvgIpc) is 2.28. The minimum absolute atomic E-state index is 0.0510. The van der Waals surface area contributed by atoms with Crippen LogP contribution in [-0.4, -0.2) is 21.0 Å². The summed E-state index contributed by atoms with van der Waals surface area (Å²) in [5, 5.41) is 8.82. The summed E-state index contributed by atoms with van der Waals surface area (Å²) < 4.78 is 26.7. The summed E-state index contributed by atoms with van der Waals surface area (Å²) in [4.78, 5) is 17.8. The summed E-state index contributed by atoms with van der Waals surface area (Å²) >= 11 is 0. The van der Waals surface area contributed by atoms with Crippen LogP contribution in [0.1, 0.15) is 5.56 Å². The Labute approximate surface area is 88.6 Å². The van der Waals surface area contributed by atoms with Gasteiger partial charge in [-0.2, -0.15) is 8.78 Å². The molecule has 0 spiro atoms. The van der Waals surface area contributed by atoms with E-state index >= 15 is 0 Å². The molecule has 0 fully saturated rings. The number of hydrogen-bond donors (Lipinski definition) is 1. The summed E-state index contributed by atoms with van der Waals surface area (Å²) in [6, 6.07) is 3.10. The maximum Gasteiger partial charge on any atom is 0.379 e. The molecular weight excluding hydrogens is 218 g/mol. The lowest BCUT2D eigenvalue weighted by molar-refractivity contribution is -0.166. The third-order valence-corrected chi connectivity index (χ3v) is 2.12. The molecule has 16 heavy (non-hydrogen) atoms. The molecule has 0 saturated carbocycles. The highest BCUT2D eigenvalue weighted by molar-refractivity contribution is 5.87. The van der Waals surface area contributed by atoms with Gasteiger partial charge in [-0.1, -0.05) is 0 Å². The van der Waals surface area contributed by atoms with Gasteiger partial charge in [0, 0.05) is 24.0 Å². The second-order valence-corrected chi connectivity index (χ2v) is 3.14. The van der Waals surface area contributed by atoms with Gasteiger partial charge in [-0.25, -0.2) is 4.79 Å². The number of carboxylic acids is 1. The van der Waals surface area contributed by atoms with E-state index in [1.165, 1.54) is 18.5 Å². The van der Waals surface area contributed by atoms with E-state index in [9.17, 15) is 13.6 Å². The molecule has 2 aromatic rings. The van der Waals surface area contributed by atoms with Crippen LogP contribution in [0.3, 0.4) is 0 Å². The highest BCUT2D eigenvalue weighted by atomic mass is 19.3. The summed E-state index contributed by atoms with van der Waals surface area (Å²) in [5.74, 6) is -6.20. The van der Waals surface area contributed by atoms with Gasteiger partial charge < -0.3 is 5.11 Å². The van der Waals surface area contributed by atoms with Gasteiger partial charge in [0.25, 0.3) is 0 Å². The minimum atomic E-state index is -3.99. The zero-order valence-corrected chi connectivity index (χ0v) is 7.89. The number of fused-ring (bicyclic) bond motifs is 1. The molecule has 0 aromatic carbocycles. The van der Waals surface area contributed by atoms with Crippen molar-refractivity contribution in [2.75, 3.05) is 0 Å². The van der Waals surface area contributed by atoms with Gasteiger partial charge in [0.2, 0.25) is 0 Å². The van der Waals surface area contributed by atoms with Crippen LogP contribution < -0.4 is 0 Å². The van der Waals surface area contributed by atoms with Crippen molar-refractivity contribution < 1.29 is 18.7 Å². The van der Waals surface area contributed by atoms with Crippen molar-refractivity contribution in [2.45, 2.75) is 5.92 Å². The van der Waals surface area contributed by atoms with E-state index in [0.717, 1.165) is 6.20 Å². The molecule has 2 rings (SSSR count). The van der Waals surface area contributed by atoms with Crippen molar-refractivity contribution >= 4 is 16.9 Å². The Bertz CT molecular complexity index is 552. The van der Waals surface area contributed by atoms with Gasteiger partial charge in [-0.05, 0) is 12.1 Å². The first kappa shape index (κ1) is 10.4. The van der Waals surface area contributed by atoms with Crippen LogP contribution in [0.15, 0.2) is 30.7 Å². The fraction of sp³-hybridized carbons (Fsp3) is 0.100. The van der Waals surface area contributed by atoms with Crippen LogP contribution in [0.25, 0.3) is 10.9 Å². The Kier molecular flexibility index (Phi) is 2.26. The van der Waals surface area contributed by atoms with Gasteiger partial charge in [-0.15, -0.1) is 0 Å². The smallest absolute Gasteiger partial charge is 0.379 e. The van der Waals surface area contributed by atoms with E-state index in [-0.39, 0.29) is 5.52 Å². The van der Waals surface area contributed by atoms with E-state index in [2.05, 4.69) is 9.97 Å². The molecule has 0 aliphatic carbocycles. The van der Waals surface area contributed by atoms with E-state index in [1.54, 1.807) is 6.07 Å². The van der Waals surface area contributed by atoms with E-state index in [0.29, 0.717) is 5.39 Å². The first-order valence-electron chi connectivity index (χ1n) is 4.34. The number of halogens is 2. The molecule has 0 unspecified atom stereocenters. The third-order valence-electron chi connectivity index (χ3n) is 2.12. The van der Waals surface area contributed by atoms with Gasteiger partial charge in [0.05, 0.1) is 11.1 Å². The predicted octanol–water partition coefficient (Wildman–Crippen LogP) is 1.81. The fourth-order valence-corrected chi connectivity index (χ4v) is 1.35. The van der Waals surface area contributed by atoms with Gasteiger partial charge in [0.1, 0.15) is 0 Å². The molecule has 0 radical (unpaired) electrons. The lowest BCUT2D eigenvalue weighted by Gasteiger charge is -2.12. The van der Waals surface area contributed by atoms with E-state index in [4.69, 9.17) is 5.11 Å². The molecule has 0 bridgehead atoms. The van der Waals surface area contributed by atoms with Crippen molar-refractivity contribution in [1.82, 2.24) is 9.97 Å². The molecule has 0 atom stereocenters. The van der Waals surface area contributed by atoms with Gasteiger partial charge >= 0.3 is 11.9 Å². The molecular formula is C10H6F2N2O2. The van der Waals surface area contributed by atoms with Crippen LogP contribution >= 0.6 is 0 Å². The fourth-order valence-electron chi connectivity index (χ4n) is 1.35. The van der Waals surface area contributed by atoms with Crippen LogP contribution in [0.4, 0.5) is 8.78 Å². The summed E-state index contributed by atoms with van der Waals surface area (Å²) in [6.45, 7) is 0. The molecule has 2 heterocycles. The topological polar surface area (TPSA) is 63.1 Å². The zero-order valence-electron chi connectivity index (χ0n) is 7.89. The largest absolute Gasteiger partial charge is 0.477 e. The second-order valence-electron chi connectivity index (χ2n) is 3.14. The van der Waals surface area contributed by atoms with Gasteiger partial charge in [0.15, 0.2) is 0 Å². The van der Waals surface area contributed by atoms with E-state index in [1.807, 2.05) is 0 Å². The minimum Gasteiger partial charge on any atom is -0.477 e. The number of rotatable bonds is 2. The van der Waals surface area contributed by atoms with Crippen LogP contribution in [0.2, 0.25) is 0 Å². The predicted molar refractivity (Wildman–Crippen MR) is 51.1 cm³/mol. The molecule has 82 valence electrons. The van der Waals surface area contributed by atoms with Crippen molar-refractivity contribution in [1.29, 1.82) is 0 Å². The number of aliphatic carboxylic acids is 1. The number of carbonyl (C=O) groups is 1. The number of pyridine rings is 2. The quantitative estimate of drug-likeness (QED) is 0.844. The Morgan fingerprint density at radius 1 is 1.38 bits per heavy atom. The summed E-state index contributed by atoms with van der Waals surface area (Å²) in [6.07, 6.45) is 3.50. The van der Waals surface area contributed by atoms with Crippen LogP contribution in [0.5, 0.6) is 0 Å². The lowest BCUT2D eigenvalue weighted by Crippen LogP contribution is -2.26. The summed E-state index contributed by atoms with van der Waals surface area (Å²) in [5.41, 5.74) is -0.747. The number of nitrogens with zero attached hydrogens (tertiary/aromatic N) is 2. The third kappa shape index (κ3) is 1.48. The first-order chi connectivity index (χ1) is 7.53. The molecule has 0 aliphatic rings. The van der Waals surface area contributed by atoms with Crippen LogP contribution in [-0.2, 0) is 10.7 Å². The SMILES string of the molecule is O=C(O)C(F)(F)c1cncc2cccnc12. The molecule has 2 aromatic heterocycles. The Morgan fingerprint density at radius 3 is 2.81 bits per heavy atom. The molecule has 0 amide bonds. The van der Waals surface area contributed by atoms with Crippen molar-refractivity contribution in [3.63, 3.8) is 0 Å². The monoisotopic (exact) mass is 224 g/mol. The second kappa shape index (κ2) is 3.48. The van der Waals surface area contributed by atoms with Crippen molar-refractivity contribution in [3.8, 4) is 0 Å². The van der Waals surface area contributed by atoms with Gasteiger partial charge in [-0.3, -0.25) is 9.97 Å². The maximum atomic E-state index is 13.3. The Morgan fingerprint density at radius 2 is 2.12 bits per heavy atom. The standard InChI is InChI=1S/C10H6F2N2O2/c11-10(12,9(15)16)7-5-13-4-6-2-1-3-14-8(6)7/h1-5H,(H,15,16). The van der Waals surface area contributed by atoms with Crippen molar-refractivity contribution in [2.24, 2.45) is 0 Å². The molecule has 1 N–H and O–H groups in total. The highest BCUT2D eigenvalue weighted by Crippen LogP contribution is 2.31. The summed E-state index contributed by atoms with van der Waals surface area (Å²) in [7, 11) is 0. The first-order valence-corrected chi connectivity index (χ1v) is 4.34. The number of alkyl halides is 2. The lowest BCUT2D eigenvalue weighted by atomic mass is 10.1. The zero-order chi connectivity index (χ0) is 11.8. The molecule has 4 nitrogen and oxygen atoms in total. The number of hydrogen-bond acceptors (Lipinski definition) is 3. The normalized spacial score (nSPS) is 11.6. The average molecular weight is 224 g/mol. The van der Waals surface area contributed by atoms with E-state index < -0.39 is 17.5 Å². The molecule has 6 heteroatoms. The Hall–Kier alpha value is -2.11. The van der Waals surface area contributed by atoms with Crippen molar-refractivity contribution in [3.05, 3.63) is 36.3 Å². The highest BCUT2D eigenvalue weighted by Gasteiger charge is 2.43.